The highest BCUT2D eigenvalue weighted by atomic mass is 79.9. The van der Waals surface area contributed by atoms with E-state index in [1.807, 2.05) is 54.6 Å². The molecule has 0 spiro atoms. The van der Waals surface area contributed by atoms with Gasteiger partial charge in [-0.15, -0.1) is 0 Å². The molecule has 158 valence electrons. The van der Waals surface area contributed by atoms with Gasteiger partial charge in [-0.05, 0) is 29.3 Å². The Labute approximate surface area is 191 Å². The second-order valence-electron chi connectivity index (χ2n) is 7.56. The zero-order chi connectivity index (χ0) is 22.2. The van der Waals surface area contributed by atoms with Crippen molar-refractivity contribution in [3.8, 4) is 11.1 Å². The SMILES string of the molecule is O=c1[nH]c2ccc(Br)cc2c(-c2ccccc2)c1C1=NN[C@H](c2cccc([N+](=O)[O-])c2)C1. The van der Waals surface area contributed by atoms with Gasteiger partial charge in [0.05, 0.1) is 22.2 Å². The fraction of sp³-hybridized carbons (Fsp3) is 0.0833. The van der Waals surface area contributed by atoms with E-state index >= 15 is 0 Å². The highest BCUT2D eigenvalue weighted by molar-refractivity contribution is 9.10. The van der Waals surface area contributed by atoms with Crippen molar-refractivity contribution in [3.63, 3.8) is 0 Å². The number of hydrogen-bond acceptors (Lipinski definition) is 5. The van der Waals surface area contributed by atoms with Gasteiger partial charge in [0.1, 0.15) is 0 Å². The molecule has 1 aliphatic rings. The summed E-state index contributed by atoms with van der Waals surface area (Å²) in [6.07, 6.45) is 0.434. The average Bonchev–Trinajstić information content (AvgIpc) is 3.29. The highest BCUT2D eigenvalue weighted by Crippen LogP contribution is 2.34. The molecule has 1 atom stereocenters. The topological polar surface area (TPSA) is 100 Å². The van der Waals surface area contributed by atoms with Crippen molar-refractivity contribution >= 4 is 38.2 Å². The molecule has 8 heteroatoms. The minimum atomic E-state index is -0.417. The Bertz CT molecular complexity index is 1450. The number of aromatic amines is 1. The van der Waals surface area contributed by atoms with Crippen LogP contribution in [-0.4, -0.2) is 15.6 Å². The average molecular weight is 489 g/mol. The van der Waals surface area contributed by atoms with E-state index in [9.17, 15) is 14.9 Å². The lowest BCUT2D eigenvalue weighted by molar-refractivity contribution is -0.384. The Hall–Kier alpha value is -3.78. The van der Waals surface area contributed by atoms with Crippen LogP contribution in [0.2, 0.25) is 0 Å². The highest BCUT2D eigenvalue weighted by Gasteiger charge is 2.27. The molecule has 0 saturated heterocycles. The Balaban J connectivity index is 1.64. The first kappa shape index (κ1) is 20.1. The maximum atomic E-state index is 13.2. The zero-order valence-corrected chi connectivity index (χ0v) is 18.3. The quantitative estimate of drug-likeness (QED) is 0.300. The summed E-state index contributed by atoms with van der Waals surface area (Å²) in [6, 6.07) is 21.7. The molecule has 5 rings (SSSR count). The molecule has 0 fully saturated rings. The minimum absolute atomic E-state index is 0.0242. The van der Waals surface area contributed by atoms with Gasteiger partial charge in [0.25, 0.3) is 11.2 Å². The fourth-order valence-electron chi connectivity index (χ4n) is 4.09. The molecule has 2 heterocycles. The number of rotatable bonds is 4. The van der Waals surface area contributed by atoms with Crippen LogP contribution in [0.15, 0.2) is 87.2 Å². The van der Waals surface area contributed by atoms with Gasteiger partial charge in [0.15, 0.2) is 0 Å². The molecule has 0 unspecified atom stereocenters. The summed E-state index contributed by atoms with van der Waals surface area (Å²) in [5.74, 6) is 0. The van der Waals surface area contributed by atoms with E-state index in [1.165, 1.54) is 12.1 Å². The molecule has 2 N–H and O–H groups in total. The van der Waals surface area contributed by atoms with Crippen LogP contribution in [-0.2, 0) is 0 Å². The Morgan fingerprint density at radius 2 is 1.81 bits per heavy atom. The van der Waals surface area contributed by atoms with E-state index in [0.717, 1.165) is 32.1 Å². The molecule has 7 nitrogen and oxygen atoms in total. The normalized spacial score (nSPS) is 15.4. The third-order valence-corrected chi connectivity index (χ3v) is 6.06. The molecule has 0 radical (unpaired) electrons. The van der Waals surface area contributed by atoms with Crippen LogP contribution < -0.4 is 11.0 Å². The minimum Gasteiger partial charge on any atom is -0.321 e. The van der Waals surface area contributed by atoms with Gasteiger partial charge in [-0.1, -0.05) is 58.4 Å². The third-order valence-electron chi connectivity index (χ3n) is 5.56. The summed E-state index contributed by atoms with van der Waals surface area (Å²) in [6.45, 7) is 0. The maximum Gasteiger partial charge on any atom is 0.269 e. The predicted octanol–water partition coefficient (Wildman–Crippen LogP) is 5.30. The van der Waals surface area contributed by atoms with E-state index in [0.29, 0.717) is 17.7 Å². The van der Waals surface area contributed by atoms with E-state index < -0.39 is 4.92 Å². The molecule has 1 aromatic heterocycles. The molecular formula is C24H17BrN4O3. The van der Waals surface area contributed by atoms with Crippen molar-refractivity contribution in [1.82, 2.24) is 10.4 Å². The number of non-ortho nitro benzene ring substituents is 1. The van der Waals surface area contributed by atoms with E-state index in [1.54, 1.807) is 6.07 Å². The summed E-state index contributed by atoms with van der Waals surface area (Å²) < 4.78 is 0.904. The van der Waals surface area contributed by atoms with Crippen LogP contribution in [0, 0.1) is 10.1 Å². The number of nitro benzene ring substituents is 1. The molecule has 0 aliphatic carbocycles. The van der Waals surface area contributed by atoms with Crippen LogP contribution in [0.4, 0.5) is 5.69 Å². The van der Waals surface area contributed by atoms with Crippen LogP contribution in [0.5, 0.6) is 0 Å². The third kappa shape index (κ3) is 3.58. The van der Waals surface area contributed by atoms with Crippen molar-refractivity contribution < 1.29 is 4.92 Å². The lowest BCUT2D eigenvalue weighted by Gasteiger charge is -2.14. The summed E-state index contributed by atoms with van der Waals surface area (Å²) in [5.41, 5.74) is 7.19. The lowest BCUT2D eigenvalue weighted by atomic mass is 9.91. The number of fused-ring (bicyclic) bond motifs is 1. The summed E-state index contributed by atoms with van der Waals surface area (Å²) in [5, 5.41) is 16.5. The summed E-state index contributed by atoms with van der Waals surface area (Å²) in [7, 11) is 0. The van der Waals surface area contributed by atoms with Gasteiger partial charge < -0.3 is 10.4 Å². The number of nitrogens with one attached hydrogen (secondary N) is 2. The second kappa shape index (κ2) is 8.05. The number of hydrazone groups is 1. The number of H-pyrrole nitrogens is 1. The van der Waals surface area contributed by atoms with Gasteiger partial charge >= 0.3 is 0 Å². The monoisotopic (exact) mass is 488 g/mol. The van der Waals surface area contributed by atoms with Crippen LogP contribution in [0.25, 0.3) is 22.0 Å². The Kier molecular flexibility index (Phi) is 5.07. The van der Waals surface area contributed by atoms with E-state index in [2.05, 4.69) is 31.4 Å². The number of aromatic nitrogens is 1. The van der Waals surface area contributed by atoms with Gasteiger partial charge in [-0.3, -0.25) is 14.9 Å². The fourth-order valence-corrected chi connectivity index (χ4v) is 4.45. The second-order valence-corrected chi connectivity index (χ2v) is 8.47. The van der Waals surface area contributed by atoms with Gasteiger partial charge in [-0.2, -0.15) is 5.10 Å². The smallest absolute Gasteiger partial charge is 0.269 e. The van der Waals surface area contributed by atoms with Gasteiger partial charge in [0, 0.05) is 39.5 Å². The molecule has 0 saturated carbocycles. The predicted molar refractivity (Wildman–Crippen MR) is 128 cm³/mol. The molecule has 0 bridgehead atoms. The standard InChI is InChI=1S/C24H17BrN4O3/c25-16-9-10-19-18(12-16)22(14-5-2-1-3-6-14)23(24(30)26-19)21-13-20(27-28-21)15-7-4-8-17(11-15)29(31)32/h1-12,20,27H,13H2,(H,26,30)/t20-/m0/s1. The first-order valence-electron chi connectivity index (χ1n) is 9.99. The lowest BCUT2D eigenvalue weighted by Crippen LogP contribution is -2.20. The zero-order valence-electron chi connectivity index (χ0n) is 16.7. The molecule has 3 aromatic carbocycles. The summed E-state index contributed by atoms with van der Waals surface area (Å²) >= 11 is 3.53. The Morgan fingerprint density at radius 3 is 2.59 bits per heavy atom. The first-order chi connectivity index (χ1) is 15.5. The van der Waals surface area contributed by atoms with Gasteiger partial charge in [-0.25, -0.2) is 0 Å². The number of nitrogens with zero attached hydrogens (tertiary/aromatic N) is 2. The molecular weight excluding hydrogens is 472 g/mol. The number of nitro groups is 1. The van der Waals surface area contributed by atoms with Crippen LogP contribution in [0.1, 0.15) is 23.6 Å². The Morgan fingerprint density at radius 1 is 1.00 bits per heavy atom. The summed E-state index contributed by atoms with van der Waals surface area (Å²) in [4.78, 5) is 26.9. The molecule has 32 heavy (non-hydrogen) atoms. The first-order valence-corrected chi connectivity index (χ1v) is 10.8. The van der Waals surface area contributed by atoms with Crippen LogP contribution in [0.3, 0.4) is 0 Å². The van der Waals surface area contributed by atoms with Crippen molar-refractivity contribution in [1.29, 1.82) is 0 Å². The number of hydrogen-bond donors (Lipinski definition) is 2. The van der Waals surface area contributed by atoms with Crippen LogP contribution >= 0.6 is 15.9 Å². The van der Waals surface area contributed by atoms with Crippen molar-refractivity contribution in [3.05, 3.63) is 109 Å². The molecule has 1 aliphatic heterocycles. The number of pyridine rings is 1. The van der Waals surface area contributed by atoms with Crippen molar-refractivity contribution in [2.75, 3.05) is 0 Å². The van der Waals surface area contributed by atoms with Crippen molar-refractivity contribution in [2.45, 2.75) is 12.5 Å². The maximum absolute atomic E-state index is 13.2. The molecule has 4 aromatic rings. The van der Waals surface area contributed by atoms with E-state index in [-0.39, 0.29) is 17.3 Å². The van der Waals surface area contributed by atoms with Crippen molar-refractivity contribution in [2.24, 2.45) is 5.10 Å². The molecule has 0 amide bonds. The number of benzene rings is 3. The van der Waals surface area contributed by atoms with E-state index in [4.69, 9.17) is 0 Å². The van der Waals surface area contributed by atoms with Gasteiger partial charge in [0.2, 0.25) is 0 Å². The largest absolute Gasteiger partial charge is 0.321 e. The number of halogens is 1.